The van der Waals surface area contributed by atoms with Crippen LogP contribution in [0.3, 0.4) is 0 Å². The van der Waals surface area contributed by atoms with Gasteiger partial charge in [0.25, 0.3) is 0 Å². The highest BCUT2D eigenvalue weighted by Gasteiger charge is 2.28. The maximum absolute atomic E-state index is 12.1. The van der Waals surface area contributed by atoms with Crippen LogP contribution in [0.25, 0.3) is 10.2 Å². The van der Waals surface area contributed by atoms with Crippen molar-refractivity contribution in [3.05, 3.63) is 18.2 Å². The Morgan fingerprint density at radius 1 is 1.50 bits per heavy atom. The molecule has 3 N–H and O–H groups in total. The number of hydrogen-bond acceptors (Lipinski definition) is 5. The van der Waals surface area contributed by atoms with Crippen molar-refractivity contribution in [3.8, 4) is 5.75 Å². The number of carbonyl (C=O) groups excluding carboxylic acids is 1. The van der Waals surface area contributed by atoms with Gasteiger partial charge < -0.3 is 15.8 Å². The highest BCUT2D eigenvalue weighted by molar-refractivity contribution is 7.22. The molecule has 0 saturated carbocycles. The first-order valence-electron chi connectivity index (χ1n) is 6.38. The molecule has 0 saturated heterocycles. The number of rotatable bonds is 5. The molecule has 2 aromatic rings. The van der Waals surface area contributed by atoms with E-state index in [9.17, 15) is 18.0 Å². The van der Waals surface area contributed by atoms with Crippen molar-refractivity contribution < 1.29 is 22.7 Å². The lowest BCUT2D eigenvalue weighted by Crippen LogP contribution is -2.23. The van der Waals surface area contributed by atoms with Gasteiger partial charge in [-0.1, -0.05) is 11.3 Å². The molecule has 22 heavy (non-hydrogen) atoms. The first-order chi connectivity index (χ1) is 10.2. The SMILES string of the molecule is CC(N)CC(=O)Nc1nc2ccc(OCC(F)(F)F)cc2s1. The zero-order valence-electron chi connectivity index (χ0n) is 11.6. The van der Waals surface area contributed by atoms with E-state index in [0.717, 1.165) is 11.3 Å². The van der Waals surface area contributed by atoms with Gasteiger partial charge in [0.05, 0.1) is 10.2 Å². The predicted octanol–water partition coefficient (Wildman–Crippen LogP) is 2.91. The summed E-state index contributed by atoms with van der Waals surface area (Å²) in [5, 5.41) is 2.98. The van der Waals surface area contributed by atoms with E-state index >= 15 is 0 Å². The Bertz CT molecular complexity index is 670. The summed E-state index contributed by atoms with van der Waals surface area (Å²) in [6, 6.07) is 4.14. The molecule has 1 atom stereocenters. The van der Waals surface area contributed by atoms with Crippen molar-refractivity contribution in [1.82, 2.24) is 4.98 Å². The maximum Gasteiger partial charge on any atom is 0.422 e. The number of thiazole rings is 1. The van der Waals surface area contributed by atoms with Gasteiger partial charge >= 0.3 is 6.18 Å². The van der Waals surface area contributed by atoms with Crippen molar-refractivity contribution in [1.29, 1.82) is 0 Å². The Labute approximate surface area is 128 Å². The molecule has 1 heterocycles. The summed E-state index contributed by atoms with van der Waals surface area (Å²) in [6.45, 7) is 0.359. The Hall–Kier alpha value is -1.87. The Balaban J connectivity index is 2.08. The van der Waals surface area contributed by atoms with Gasteiger partial charge in [0.15, 0.2) is 11.7 Å². The molecule has 0 fully saturated rings. The summed E-state index contributed by atoms with van der Waals surface area (Å²) in [7, 11) is 0. The van der Waals surface area contributed by atoms with Gasteiger partial charge in [-0.15, -0.1) is 0 Å². The van der Waals surface area contributed by atoms with E-state index in [0.29, 0.717) is 15.3 Å². The second kappa shape index (κ2) is 6.49. The van der Waals surface area contributed by atoms with E-state index in [1.54, 1.807) is 13.0 Å². The molecular weight excluding hydrogens is 319 g/mol. The number of aromatic nitrogens is 1. The average Bonchev–Trinajstić information content (AvgIpc) is 2.75. The van der Waals surface area contributed by atoms with Crippen LogP contribution in [-0.4, -0.2) is 29.7 Å². The van der Waals surface area contributed by atoms with Crippen molar-refractivity contribution in [2.75, 3.05) is 11.9 Å². The third-order valence-electron chi connectivity index (χ3n) is 2.52. The van der Waals surface area contributed by atoms with E-state index < -0.39 is 12.8 Å². The lowest BCUT2D eigenvalue weighted by atomic mass is 10.2. The number of nitrogens with one attached hydrogen (secondary N) is 1. The van der Waals surface area contributed by atoms with Gasteiger partial charge in [-0.2, -0.15) is 13.2 Å². The van der Waals surface area contributed by atoms with Crippen molar-refractivity contribution in [2.24, 2.45) is 5.73 Å². The fourth-order valence-electron chi connectivity index (χ4n) is 1.68. The summed E-state index contributed by atoms with van der Waals surface area (Å²) >= 11 is 1.16. The van der Waals surface area contributed by atoms with Crippen LogP contribution >= 0.6 is 11.3 Å². The van der Waals surface area contributed by atoms with E-state index in [1.165, 1.54) is 12.1 Å². The Morgan fingerprint density at radius 3 is 2.86 bits per heavy atom. The minimum atomic E-state index is -4.39. The fourth-order valence-corrected chi connectivity index (χ4v) is 2.59. The molecule has 9 heteroatoms. The van der Waals surface area contributed by atoms with Gasteiger partial charge in [-0.25, -0.2) is 4.98 Å². The Kier molecular flexibility index (Phi) is 4.87. The van der Waals surface area contributed by atoms with Crippen LogP contribution in [0.15, 0.2) is 18.2 Å². The standard InChI is InChI=1S/C13H14F3N3O2S/c1-7(17)4-11(20)19-12-18-9-3-2-8(5-10(9)22-12)21-6-13(14,15)16/h2-3,5,7H,4,6,17H2,1H3,(H,18,19,20). The van der Waals surface area contributed by atoms with Crippen LogP contribution in [0.4, 0.5) is 18.3 Å². The molecule has 1 aromatic heterocycles. The van der Waals surface area contributed by atoms with E-state index in [1.807, 2.05) is 0 Å². The topological polar surface area (TPSA) is 77.2 Å². The van der Waals surface area contributed by atoms with Crippen LogP contribution in [0.5, 0.6) is 5.75 Å². The quantitative estimate of drug-likeness (QED) is 0.882. The largest absolute Gasteiger partial charge is 0.484 e. The van der Waals surface area contributed by atoms with E-state index in [-0.39, 0.29) is 24.1 Å². The molecule has 0 aliphatic rings. The number of anilines is 1. The third kappa shape index (κ3) is 4.85. The lowest BCUT2D eigenvalue weighted by Gasteiger charge is -2.08. The van der Waals surface area contributed by atoms with E-state index in [2.05, 4.69) is 15.0 Å². The van der Waals surface area contributed by atoms with Gasteiger partial charge in [0.1, 0.15) is 5.75 Å². The minimum absolute atomic E-state index is 0.0990. The number of alkyl halides is 3. The lowest BCUT2D eigenvalue weighted by molar-refractivity contribution is -0.153. The molecule has 1 amide bonds. The molecule has 5 nitrogen and oxygen atoms in total. The average molecular weight is 333 g/mol. The normalized spacial score (nSPS) is 13.1. The predicted molar refractivity (Wildman–Crippen MR) is 78.1 cm³/mol. The molecular formula is C13H14F3N3O2S. The van der Waals surface area contributed by atoms with Gasteiger partial charge in [-0.05, 0) is 25.1 Å². The number of carbonyl (C=O) groups is 1. The summed E-state index contributed by atoms with van der Waals surface area (Å²) in [5.74, 6) is -0.162. The first kappa shape index (κ1) is 16.5. The van der Waals surface area contributed by atoms with Crippen LogP contribution in [0.2, 0.25) is 0 Å². The first-order valence-corrected chi connectivity index (χ1v) is 7.20. The van der Waals surface area contributed by atoms with Crippen molar-refractivity contribution in [2.45, 2.75) is 25.6 Å². The molecule has 1 unspecified atom stereocenters. The molecule has 120 valence electrons. The highest BCUT2D eigenvalue weighted by atomic mass is 32.1. The van der Waals surface area contributed by atoms with E-state index in [4.69, 9.17) is 5.73 Å². The van der Waals surface area contributed by atoms with Gasteiger partial charge in [0.2, 0.25) is 5.91 Å². The summed E-state index contributed by atoms with van der Waals surface area (Å²) < 4.78 is 41.6. The van der Waals surface area contributed by atoms with Crippen molar-refractivity contribution in [3.63, 3.8) is 0 Å². The zero-order chi connectivity index (χ0) is 16.3. The number of benzene rings is 1. The number of hydrogen-bond donors (Lipinski definition) is 2. The number of fused-ring (bicyclic) bond motifs is 1. The molecule has 1 aromatic carbocycles. The number of nitrogens with zero attached hydrogens (tertiary/aromatic N) is 1. The molecule has 0 bridgehead atoms. The molecule has 0 radical (unpaired) electrons. The highest BCUT2D eigenvalue weighted by Crippen LogP contribution is 2.30. The maximum atomic E-state index is 12.1. The van der Waals surface area contributed by atoms with Crippen LogP contribution < -0.4 is 15.8 Å². The number of amides is 1. The molecule has 2 rings (SSSR count). The monoisotopic (exact) mass is 333 g/mol. The molecule has 0 aliphatic heterocycles. The molecule has 0 spiro atoms. The number of halogens is 3. The number of nitrogens with two attached hydrogens (primary N) is 1. The second-order valence-electron chi connectivity index (χ2n) is 4.78. The van der Waals surface area contributed by atoms with Crippen LogP contribution in [-0.2, 0) is 4.79 Å². The summed E-state index contributed by atoms with van der Waals surface area (Å²) in [4.78, 5) is 15.8. The van der Waals surface area contributed by atoms with Crippen LogP contribution in [0, 0.1) is 0 Å². The Morgan fingerprint density at radius 2 is 2.23 bits per heavy atom. The smallest absolute Gasteiger partial charge is 0.422 e. The second-order valence-corrected chi connectivity index (χ2v) is 5.81. The fraction of sp³-hybridized carbons (Fsp3) is 0.385. The summed E-state index contributed by atoms with van der Waals surface area (Å²) in [6.07, 6.45) is -4.23. The number of ether oxygens (including phenoxy) is 1. The van der Waals surface area contributed by atoms with Gasteiger partial charge in [0, 0.05) is 12.5 Å². The summed E-state index contributed by atoms with van der Waals surface area (Å²) in [5.41, 5.74) is 6.09. The zero-order valence-corrected chi connectivity index (χ0v) is 12.4. The molecule has 0 aliphatic carbocycles. The van der Waals surface area contributed by atoms with Gasteiger partial charge in [-0.3, -0.25) is 4.79 Å². The van der Waals surface area contributed by atoms with Crippen molar-refractivity contribution >= 4 is 32.6 Å². The third-order valence-corrected chi connectivity index (χ3v) is 3.45. The van der Waals surface area contributed by atoms with Crippen LogP contribution in [0.1, 0.15) is 13.3 Å². The minimum Gasteiger partial charge on any atom is -0.484 e.